The Morgan fingerprint density at radius 2 is 0.564 bits per heavy atom. The first-order valence-corrected chi connectivity index (χ1v) is 26.6. The van der Waals surface area contributed by atoms with Gasteiger partial charge in [0.05, 0.1) is 22.7 Å². The Labute approximate surface area is 454 Å². The van der Waals surface area contributed by atoms with Crippen LogP contribution in [0.15, 0.2) is 314 Å². The van der Waals surface area contributed by atoms with E-state index in [-0.39, 0.29) is 0 Å². The number of nitrogens with zero attached hydrogens (tertiary/aromatic N) is 3. The van der Waals surface area contributed by atoms with E-state index in [2.05, 4.69) is 318 Å². The Kier molecular flexibility index (Phi) is 11.8. The molecule has 0 saturated heterocycles. The molecule has 0 amide bonds. The maximum absolute atomic E-state index is 6.91. The maximum Gasteiger partial charge on any atom is 0.159 e. The largest absolute Gasteiger partial charge is 0.454 e. The van der Waals surface area contributed by atoms with E-state index in [9.17, 15) is 0 Å². The number of hydrogen-bond acceptors (Lipinski definition) is 4. The minimum absolute atomic E-state index is 0.811. The van der Waals surface area contributed by atoms with Crippen molar-refractivity contribution in [3.8, 4) is 33.4 Å². The molecule has 0 aliphatic rings. The van der Waals surface area contributed by atoms with Gasteiger partial charge in [-0.05, 0) is 158 Å². The van der Waals surface area contributed by atoms with E-state index in [0.717, 1.165) is 95.4 Å². The van der Waals surface area contributed by atoms with E-state index in [0.29, 0.717) is 0 Å². The van der Waals surface area contributed by atoms with Crippen LogP contribution in [0.25, 0.3) is 76.9 Å². The zero-order valence-corrected chi connectivity index (χ0v) is 42.7. The van der Waals surface area contributed by atoms with Crippen LogP contribution in [-0.4, -0.2) is 0 Å². The lowest BCUT2D eigenvalue weighted by molar-refractivity contribution is 0.669. The first kappa shape index (κ1) is 46.1. The predicted molar refractivity (Wildman–Crippen MR) is 329 cm³/mol. The second-order valence-electron chi connectivity index (χ2n) is 19.8. The number of para-hydroxylation sites is 4. The molecule has 0 spiro atoms. The van der Waals surface area contributed by atoms with Gasteiger partial charge in [0.15, 0.2) is 5.58 Å². The summed E-state index contributed by atoms with van der Waals surface area (Å²) in [7, 11) is 0. The van der Waals surface area contributed by atoms with Gasteiger partial charge in [-0.2, -0.15) is 0 Å². The van der Waals surface area contributed by atoms with Crippen LogP contribution in [0.2, 0.25) is 0 Å². The van der Waals surface area contributed by atoms with Gasteiger partial charge in [-0.3, -0.25) is 0 Å². The van der Waals surface area contributed by atoms with Crippen molar-refractivity contribution < 1.29 is 4.42 Å². The molecule has 0 N–H and O–H groups in total. The Bertz CT molecular complexity index is 4240. The molecule has 78 heavy (non-hydrogen) atoms. The van der Waals surface area contributed by atoms with E-state index in [1.807, 2.05) is 6.07 Å². The highest BCUT2D eigenvalue weighted by Crippen LogP contribution is 2.49. The van der Waals surface area contributed by atoms with Crippen LogP contribution in [0.3, 0.4) is 0 Å². The molecule has 0 aliphatic carbocycles. The van der Waals surface area contributed by atoms with Gasteiger partial charge in [0, 0.05) is 39.2 Å². The van der Waals surface area contributed by atoms with Crippen LogP contribution in [0.5, 0.6) is 0 Å². The number of fused-ring (bicyclic) bond motifs is 5. The highest BCUT2D eigenvalue weighted by atomic mass is 16.3. The lowest BCUT2D eigenvalue weighted by Crippen LogP contribution is -2.16. The monoisotopic (exact) mass is 997 g/mol. The van der Waals surface area contributed by atoms with Crippen molar-refractivity contribution in [1.82, 2.24) is 0 Å². The lowest BCUT2D eigenvalue weighted by atomic mass is 10.0. The summed E-state index contributed by atoms with van der Waals surface area (Å²) in [4.78, 5) is 7.12. The summed E-state index contributed by atoms with van der Waals surface area (Å²) in [6.45, 7) is 0. The van der Waals surface area contributed by atoms with Crippen molar-refractivity contribution in [3.05, 3.63) is 309 Å². The predicted octanol–water partition coefficient (Wildman–Crippen LogP) is 21.3. The van der Waals surface area contributed by atoms with Crippen LogP contribution in [0, 0.1) is 0 Å². The third kappa shape index (κ3) is 8.77. The number of rotatable bonds is 12. The smallest absolute Gasteiger partial charge is 0.159 e. The molecule has 0 saturated carbocycles. The summed E-state index contributed by atoms with van der Waals surface area (Å²) >= 11 is 0. The van der Waals surface area contributed by atoms with E-state index < -0.39 is 0 Å². The summed E-state index contributed by atoms with van der Waals surface area (Å²) in [5.74, 6) is 0. The standard InChI is InChI=1S/C74H51N3O/c1-4-17-52(18-5-1)55-35-45-66(46-36-55)77(72-29-16-28-71-70-27-14-15-30-73(70)78-74(71)72)69-50-67(75(62-23-6-2-7-24-62)64-41-37-56(38-42-64)60-33-31-53-19-10-12-21-58(53)47-60)49-68(51-69)76(63-25-8-3-9-26-63)65-43-39-57(40-44-65)61-34-32-54-20-11-13-22-59(54)48-61/h1-51H. The molecule has 1 heterocycles. The fraction of sp³-hybridized carbons (Fsp3) is 0. The molecule has 4 nitrogen and oxygen atoms in total. The minimum Gasteiger partial charge on any atom is -0.454 e. The molecule has 0 fully saturated rings. The minimum atomic E-state index is 0.811. The van der Waals surface area contributed by atoms with Crippen molar-refractivity contribution in [1.29, 1.82) is 0 Å². The van der Waals surface area contributed by atoms with Gasteiger partial charge in [-0.1, -0.05) is 206 Å². The van der Waals surface area contributed by atoms with Crippen molar-refractivity contribution in [2.45, 2.75) is 0 Å². The third-order valence-corrected chi connectivity index (χ3v) is 15.0. The van der Waals surface area contributed by atoms with Crippen molar-refractivity contribution >= 4 is 94.7 Å². The molecule has 14 aromatic rings. The van der Waals surface area contributed by atoms with E-state index in [1.165, 1.54) is 32.7 Å². The Balaban J connectivity index is 0.994. The van der Waals surface area contributed by atoms with Crippen LogP contribution in [-0.2, 0) is 0 Å². The van der Waals surface area contributed by atoms with Crippen LogP contribution < -0.4 is 14.7 Å². The molecule has 13 aromatic carbocycles. The number of benzene rings is 13. The molecule has 0 atom stereocenters. The summed E-state index contributed by atoms with van der Waals surface area (Å²) < 4.78 is 6.91. The maximum atomic E-state index is 6.91. The summed E-state index contributed by atoms with van der Waals surface area (Å²) in [5, 5.41) is 7.03. The molecule has 14 rings (SSSR count). The average molecular weight is 998 g/mol. The number of anilines is 9. The molecule has 4 heteroatoms. The highest BCUT2D eigenvalue weighted by molar-refractivity contribution is 6.10. The molecule has 0 aliphatic heterocycles. The van der Waals surface area contributed by atoms with Gasteiger partial charge in [-0.25, -0.2) is 0 Å². The van der Waals surface area contributed by atoms with E-state index in [4.69, 9.17) is 4.42 Å². The fourth-order valence-electron chi connectivity index (χ4n) is 11.1. The third-order valence-electron chi connectivity index (χ3n) is 15.0. The molecular weight excluding hydrogens is 947 g/mol. The molecule has 0 bridgehead atoms. The highest BCUT2D eigenvalue weighted by Gasteiger charge is 2.25. The van der Waals surface area contributed by atoms with Gasteiger partial charge >= 0.3 is 0 Å². The molecule has 1 aromatic heterocycles. The topological polar surface area (TPSA) is 22.9 Å². The zero-order chi connectivity index (χ0) is 51.8. The molecule has 0 unspecified atom stereocenters. The Hall–Kier alpha value is -10.4. The Morgan fingerprint density at radius 1 is 0.205 bits per heavy atom. The first-order valence-electron chi connectivity index (χ1n) is 26.6. The van der Waals surface area contributed by atoms with Gasteiger partial charge in [0.2, 0.25) is 0 Å². The van der Waals surface area contributed by atoms with Gasteiger partial charge in [0.1, 0.15) is 5.58 Å². The van der Waals surface area contributed by atoms with Gasteiger partial charge in [0.25, 0.3) is 0 Å². The Morgan fingerprint density at radius 3 is 1.08 bits per heavy atom. The van der Waals surface area contributed by atoms with E-state index in [1.54, 1.807) is 0 Å². The van der Waals surface area contributed by atoms with E-state index >= 15 is 0 Å². The average Bonchev–Trinajstić information content (AvgIpc) is 3.98. The number of furan rings is 1. The van der Waals surface area contributed by atoms with Crippen LogP contribution in [0.1, 0.15) is 0 Å². The van der Waals surface area contributed by atoms with Crippen LogP contribution in [0.4, 0.5) is 51.2 Å². The van der Waals surface area contributed by atoms with Crippen molar-refractivity contribution in [2.75, 3.05) is 14.7 Å². The summed E-state index contributed by atoms with van der Waals surface area (Å²) in [6.07, 6.45) is 0. The quantitative estimate of drug-likeness (QED) is 0.122. The molecule has 0 radical (unpaired) electrons. The second kappa shape index (κ2) is 20.0. The lowest BCUT2D eigenvalue weighted by Gasteiger charge is -2.33. The molecular formula is C74H51N3O. The van der Waals surface area contributed by atoms with Crippen molar-refractivity contribution in [3.63, 3.8) is 0 Å². The molecule has 368 valence electrons. The van der Waals surface area contributed by atoms with Crippen molar-refractivity contribution in [2.24, 2.45) is 0 Å². The normalized spacial score (nSPS) is 11.3. The summed E-state index contributed by atoms with van der Waals surface area (Å²) in [6, 6.07) is 111. The van der Waals surface area contributed by atoms with Crippen LogP contribution >= 0.6 is 0 Å². The first-order chi connectivity index (χ1) is 38.6. The fourth-order valence-corrected chi connectivity index (χ4v) is 11.1. The SMILES string of the molecule is c1ccc(-c2ccc(N(c3cc(N(c4ccccc4)c4ccc(-c5ccc6ccccc6c5)cc4)cc(N(c4ccccc4)c4ccc(-c5ccc6ccccc6c5)cc4)c3)c3cccc4c3oc3ccccc34)cc2)cc1. The summed E-state index contributed by atoms with van der Waals surface area (Å²) in [5.41, 5.74) is 17.5. The second-order valence-corrected chi connectivity index (χ2v) is 19.8. The zero-order valence-electron chi connectivity index (χ0n) is 42.7. The number of hydrogen-bond donors (Lipinski definition) is 0. The van der Waals surface area contributed by atoms with Gasteiger partial charge < -0.3 is 19.1 Å². The van der Waals surface area contributed by atoms with Gasteiger partial charge in [-0.15, -0.1) is 0 Å².